The van der Waals surface area contributed by atoms with Gasteiger partial charge in [-0.1, -0.05) is 6.07 Å². The number of H-pyrrole nitrogens is 1. The van der Waals surface area contributed by atoms with Crippen LogP contribution in [-0.2, 0) is 6.54 Å². The minimum atomic E-state index is -0.498. The van der Waals surface area contributed by atoms with Crippen LogP contribution in [0.15, 0.2) is 48.9 Å². The predicted octanol–water partition coefficient (Wildman–Crippen LogP) is 2.11. The number of carbonyl (C=O) groups excluding carboxylic acids is 1. The number of hydrogen-bond donors (Lipinski definition) is 2. The van der Waals surface area contributed by atoms with E-state index in [1.807, 2.05) is 6.07 Å². The number of nitrogens with one attached hydrogen (secondary N) is 1. The number of aromatic amines is 1. The second kappa shape index (κ2) is 7.10. The van der Waals surface area contributed by atoms with E-state index in [1.165, 1.54) is 23.2 Å². The number of pyridine rings is 1. The van der Waals surface area contributed by atoms with E-state index in [9.17, 15) is 20.0 Å². The largest absolute Gasteiger partial charge is 0.395 e. The summed E-state index contributed by atoms with van der Waals surface area (Å²) in [7, 11) is 0. The molecule has 1 amide bonds. The molecule has 2 heterocycles. The number of nitro groups is 1. The molecule has 2 aromatic heterocycles. The average Bonchev–Trinajstić information content (AvgIpc) is 3.04. The molecule has 0 aliphatic rings. The first-order chi connectivity index (χ1) is 12.1. The Labute approximate surface area is 142 Å². The molecule has 1 aromatic carbocycles. The van der Waals surface area contributed by atoms with Gasteiger partial charge in [0.05, 0.1) is 17.1 Å². The van der Waals surface area contributed by atoms with Crippen LogP contribution < -0.4 is 0 Å². The fraction of sp³-hybridized carbons (Fsp3) is 0.176. The van der Waals surface area contributed by atoms with E-state index in [1.54, 1.807) is 24.5 Å². The van der Waals surface area contributed by atoms with Crippen LogP contribution in [-0.4, -0.2) is 44.0 Å². The molecule has 0 radical (unpaired) electrons. The van der Waals surface area contributed by atoms with Gasteiger partial charge in [-0.25, -0.2) is 0 Å². The third-order valence-electron chi connectivity index (χ3n) is 3.86. The maximum absolute atomic E-state index is 12.9. The third-order valence-corrected chi connectivity index (χ3v) is 3.86. The zero-order valence-electron chi connectivity index (χ0n) is 13.3. The zero-order chi connectivity index (χ0) is 17.8. The summed E-state index contributed by atoms with van der Waals surface area (Å²) in [4.78, 5) is 31.8. The zero-order valence-corrected chi connectivity index (χ0v) is 13.3. The molecule has 3 aromatic rings. The van der Waals surface area contributed by atoms with Crippen LogP contribution in [0.1, 0.15) is 15.9 Å². The lowest BCUT2D eigenvalue weighted by Gasteiger charge is -2.21. The number of nitro benzene ring substituents is 1. The van der Waals surface area contributed by atoms with Crippen molar-refractivity contribution >= 4 is 22.5 Å². The van der Waals surface area contributed by atoms with Crippen LogP contribution in [0.4, 0.5) is 5.69 Å². The Hall–Kier alpha value is -3.26. The molecule has 8 heteroatoms. The van der Waals surface area contributed by atoms with E-state index in [-0.39, 0.29) is 31.3 Å². The quantitative estimate of drug-likeness (QED) is 0.527. The molecule has 128 valence electrons. The summed E-state index contributed by atoms with van der Waals surface area (Å²) in [5.74, 6) is -0.315. The summed E-state index contributed by atoms with van der Waals surface area (Å²) < 4.78 is 0. The first-order valence-corrected chi connectivity index (χ1v) is 7.64. The standard InChI is InChI=1S/C17H16N4O4/c22-7-6-20(11-12-2-1-5-18-9-12)17(23)15-10-19-16-4-3-13(21(24)25)8-14(15)16/h1-5,8-10,19,22H,6-7,11H2. The topological polar surface area (TPSA) is 112 Å². The van der Waals surface area contributed by atoms with Crippen LogP contribution in [0.25, 0.3) is 10.9 Å². The Morgan fingerprint density at radius 2 is 2.20 bits per heavy atom. The number of aliphatic hydroxyl groups is 1. The minimum absolute atomic E-state index is 0.0814. The molecule has 0 saturated carbocycles. The molecular formula is C17H16N4O4. The maximum atomic E-state index is 12.9. The Morgan fingerprint density at radius 1 is 1.36 bits per heavy atom. The van der Waals surface area contributed by atoms with Crippen molar-refractivity contribution in [3.05, 3.63) is 70.2 Å². The summed E-state index contributed by atoms with van der Waals surface area (Å²) in [5, 5.41) is 20.7. The second-order valence-electron chi connectivity index (χ2n) is 5.50. The van der Waals surface area contributed by atoms with Gasteiger partial charge in [0.2, 0.25) is 0 Å². The third kappa shape index (κ3) is 3.48. The van der Waals surface area contributed by atoms with E-state index in [0.29, 0.717) is 16.5 Å². The highest BCUT2D eigenvalue weighted by Gasteiger charge is 2.21. The van der Waals surface area contributed by atoms with Crippen molar-refractivity contribution in [2.24, 2.45) is 0 Å². The monoisotopic (exact) mass is 340 g/mol. The van der Waals surface area contributed by atoms with Crippen molar-refractivity contribution in [3.8, 4) is 0 Å². The van der Waals surface area contributed by atoms with Crippen molar-refractivity contribution < 1.29 is 14.8 Å². The Bertz CT molecular complexity index is 907. The lowest BCUT2D eigenvalue weighted by Crippen LogP contribution is -2.33. The van der Waals surface area contributed by atoms with E-state index in [2.05, 4.69) is 9.97 Å². The van der Waals surface area contributed by atoms with Gasteiger partial charge in [-0.05, 0) is 17.7 Å². The van der Waals surface area contributed by atoms with Crippen molar-refractivity contribution in [1.29, 1.82) is 0 Å². The highest BCUT2D eigenvalue weighted by molar-refractivity contribution is 6.07. The van der Waals surface area contributed by atoms with Gasteiger partial charge in [-0.15, -0.1) is 0 Å². The maximum Gasteiger partial charge on any atom is 0.270 e. The van der Waals surface area contributed by atoms with E-state index >= 15 is 0 Å². The molecule has 0 atom stereocenters. The van der Waals surface area contributed by atoms with Crippen molar-refractivity contribution in [2.45, 2.75) is 6.54 Å². The van der Waals surface area contributed by atoms with Crippen LogP contribution in [0, 0.1) is 10.1 Å². The summed E-state index contributed by atoms with van der Waals surface area (Å²) >= 11 is 0. The highest BCUT2D eigenvalue weighted by Crippen LogP contribution is 2.25. The fourth-order valence-electron chi connectivity index (χ4n) is 2.65. The molecule has 0 aliphatic heterocycles. The smallest absolute Gasteiger partial charge is 0.270 e. The van der Waals surface area contributed by atoms with Gasteiger partial charge in [0, 0.05) is 54.7 Å². The summed E-state index contributed by atoms with van der Waals surface area (Å²) in [6.07, 6.45) is 4.82. The minimum Gasteiger partial charge on any atom is -0.395 e. The number of rotatable bonds is 6. The summed E-state index contributed by atoms with van der Waals surface area (Å²) in [5.41, 5.74) is 1.72. The number of non-ortho nitro benzene ring substituents is 1. The molecule has 0 spiro atoms. The molecule has 0 aliphatic carbocycles. The van der Waals surface area contributed by atoms with Gasteiger partial charge in [-0.2, -0.15) is 0 Å². The number of benzene rings is 1. The number of aliphatic hydroxyl groups excluding tert-OH is 1. The van der Waals surface area contributed by atoms with E-state index < -0.39 is 4.92 Å². The molecule has 3 rings (SSSR count). The summed E-state index contributed by atoms with van der Waals surface area (Å²) in [6, 6.07) is 7.94. The number of carbonyl (C=O) groups is 1. The number of aromatic nitrogens is 2. The average molecular weight is 340 g/mol. The van der Waals surface area contributed by atoms with Gasteiger partial charge in [0.1, 0.15) is 0 Å². The number of fused-ring (bicyclic) bond motifs is 1. The first-order valence-electron chi connectivity index (χ1n) is 7.64. The van der Waals surface area contributed by atoms with Gasteiger partial charge >= 0.3 is 0 Å². The van der Waals surface area contributed by atoms with Crippen LogP contribution in [0.2, 0.25) is 0 Å². The molecule has 8 nitrogen and oxygen atoms in total. The number of nitrogens with zero attached hydrogens (tertiary/aromatic N) is 3. The number of hydrogen-bond acceptors (Lipinski definition) is 5. The van der Waals surface area contributed by atoms with Crippen molar-refractivity contribution in [2.75, 3.05) is 13.2 Å². The first kappa shape index (κ1) is 16.6. The van der Waals surface area contributed by atoms with Gasteiger partial charge in [0.15, 0.2) is 0 Å². The molecule has 0 unspecified atom stereocenters. The van der Waals surface area contributed by atoms with E-state index in [0.717, 1.165) is 5.56 Å². The molecule has 0 fully saturated rings. The predicted molar refractivity (Wildman–Crippen MR) is 91.0 cm³/mol. The van der Waals surface area contributed by atoms with E-state index in [4.69, 9.17) is 0 Å². The molecule has 0 saturated heterocycles. The van der Waals surface area contributed by atoms with Gasteiger partial charge in [0.25, 0.3) is 11.6 Å². The van der Waals surface area contributed by atoms with Crippen molar-refractivity contribution in [1.82, 2.24) is 14.9 Å². The number of amides is 1. The highest BCUT2D eigenvalue weighted by atomic mass is 16.6. The molecule has 2 N–H and O–H groups in total. The normalized spacial score (nSPS) is 10.8. The van der Waals surface area contributed by atoms with Crippen molar-refractivity contribution in [3.63, 3.8) is 0 Å². The lowest BCUT2D eigenvalue weighted by molar-refractivity contribution is -0.384. The van der Waals surface area contributed by atoms with Crippen LogP contribution in [0.5, 0.6) is 0 Å². The molecule has 0 bridgehead atoms. The van der Waals surface area contributed by atoms with Crippen LogP contribution >= 0.6 is 0 Å². The Morgan fingerprint density at radius 3 is 2.88 bits per heavy atom. The van der Waals surface area contributed by atoms with Gasteiger partial charge < -0.3 is 15.0 Å². The van der Waals surface area contributed by atoms with Gasteiger partial charge in [-0.3, -0.25) is 19.9 Å². The molecular weight excluding hydrogens is 324 g/mol. The second-order valence-corrected chi connectivity index (χ2v) is 5.50. The Balaban J connectivity index is 1.95. The van der Waals surface area contributed by atoms with Crippen LogP contribution in [0.3, 0.4) is 0 Å². The molecule has 25 heavy (non-hydrogen) atoms. The lowest BCUT2D eigenvalue weighted by atomic mass is 10.1. The summed E-state index contributed by atoms with van der Waals surface area (Å²) in [6.45, 7) is 0.249. The fourth-order valence-corrected chi connectivity index (χ4v) is 2.65. The SMILES string of the molecule is O=C(c1c[nH]c2ccc([N+](=O)[O-])cc12)N(CCO)Cc1cccnc1. The Kier molecular flexibility index (Phi) is 4.71.